The Balaban J connectivity index is 1.56. The Labute approximate surface area is 160 Å². The van der Waals surface area contributed by atoms with Gasteiger partial charge in [-0.1, -0.05) is 17.7 Å². The number of hydrogen-bond acceptors (Lipinski definition) is 5. The van der Waals surface area contributed by atoms with E-state index in [4.69, 9.17) is 13.9 Å². The number of carbonyl (C=O) groups excluding carboxylic acids is 1. The zero-order chi connectivity index (χ0) is 19.2. The standard InChI is InChI=1S/C21H28N2O4/c1-15-4-6-19(16(2)12-15)26-14-21(24)22-13-18(20-7-5-17(3)27-20)23-8-10-25-11-9-23/h4-7,12,18H,8-11,13-14H2,1-3H3,(H,22,24). The molecule has 0 saturated carbocycles. The first-order valence-corrected chi connectivity index (χ1v) is 9.38. The van der Waals surface area contributed by atoms with Crippen molar-refractivity contribution < 1.29 is 18.7 Å². The molecule has 3 rings (SSSR count). The Hall–Kier alpha value is -2.31. The maximum atomic E-state index is 12.3. The molecule has 6 nitrogen and oxygen atoms in total. The highest BCUT2D eigenvalue weighted by molar-refractivity contribution is 5.77. The van der Waals surface area contributed by atoms with Crippen LogP contribution in [0, 0.1) is 20.8 Å². The summed E-state index contributed by atoms with van der Waals surface area (Å²) in [5.41, 5.74) is 2.20. The quantitative estimate of drug-likeness (QED) is 0.810. The van der Waals surface area contributed by atoms with E-state index < -0.39 is 0 Å². The molecule has 0 aliphatic carbocycles. The number of furan rings is 1. The van der Waals surface area contributed by atoms with Gasteiger partial charge in [0.1, 0.15) is 17.3 Å². The van der Waals surface area contributed by atoms with Gasteiger partial charge in [-0.05, 0) is 44.5 Å². The molecular weight excluding hydrogens is 344 g/mol. The summed E-state index contributed by atoms with van der Waals surface area (Å²) in [6.07, 6.45) is 0. The monoisotopic (exact) mass is 372 g/mol. The van der Waals surface area contributed by atoms with E-state index in [0.717, 1.165) is 35.9 Å². The number of amides is 1. The summed E-state index contributed by atoms with van der Waals surface area (Å²) in [6, 6.07) is 9.85. The van der Waals surface area contributed by atoms with Crippen LogP contribution < -0.4 is 10.1 Å². The van der Waals surface area contributed by atoms with Crippen molar-refractivity contribution in [1.82, 2.24) is 10.2 Å². The van der Waals surface area contributed by atoms with Crippen LogP contribution in [0.2, 0.25) is 0 Å². The summed E-state index contributed by atoms with van der Waals surface area (Å²) < 4.78 is 16.9. The lowest BCUT2D eigenvalue weighted by atomic mass is 10.1. The van der Waals surface area contributed by atoms with Crippen molar-refractivity contribution >= 4 is 5.91 Å². The Bertz CT molecular complexity index is 765. The first-order valence-electron chi connectivity index (χ1n) is 9.38. The van der Waals surface area contributed by atoms with E-state index in [0.29, 0.717) is 19.8 Å². The van der Waals surface area contributed by atoms with Gasteiger partial charge < -0.3 is 19.2 Å². The average molecular weight is 372 g/mol. The smallest absolute Gasteiger partial charge is 0.258 e. The zero-order valence-corrected chi connectivity index (χ0v) is 16.3. The summed E-state index contributed by atoms with van der Waals surface area (Å²) in [5.74, 6) is 2.33. The summed E-state index contributed by atoms with van der Waals surface area (Å²) >= 11 is 0. The van der Waals surface area contributed by atoms with Crippen LogP contribution in [0.15, 0.2) is 34.7 Å². The number of ether oxygens (including phenoxy) is 2. The maximum absolute atomic E-state index is 12.3. The number of nitrogens with one attached hydrogen (secondary N) is 1. The van der Waals surface area contributed by atoms with Crippen molar-refractivity contribution in [3.8, 4) is 5.75 Å². The second kappa shape index (κ2) is 9.06. The van der Waals surface area contributed by atoms with Gasteiger partial charge in [-0.3, -0.25) is 9.69 Å². The largest absolute Gasteiger partial charge is 0.484 e. The molecule has 1 aromatic carbocycles. The maximum Gasteiger partial charge on any atom is 0.258 e. The number of hydrogen-bond donors (Lipinski definition) is 1. The van der Waals surface area contributed by atoms with Gasteiger partial charge in [-0.25, -0.2) is 0 Å². The van der Waals surface area contributed by atoms with Gasteiger partial charge in [0.25, 0.3) is 5.91 Å². The second-order valence-electron chi connectivity index (χ2n) is 6.97. The molecule has 1 unspecified atom stereocenters. The third-order valence-corrected chi connectivity index (χ3v) is 4.76. The van der Waals surface area contributed by atoms with E-state index in [1.807, 2.05) is 51.1 Å². The molecule has 1 aliphatic rings. The SMILES string of the molecule is Cc1ccc(OCC(=O)NCC(c2ccc(C)o2)N2CCOCC2)c(C)c1. The van der Waals surface area contributed by atoms with Crippen molar-refractivity contribution in [2.75, 3.05) is 39.5 Å². The normalized spacial score (nSPS) is 16.1. The highest BCUT2D eigenvalue weighted by Gasteiger charge is 2.25. The lowest BCUT2D eigenvalue weighted by Crippen LogP contribution is -2.44. The van der Waals surface area contributed by atoms with Crippen molar-refractivity contribution in [3.63, 3.8) is 0 Å². The first-order chi connectivity index (χ1) is 13.0. The molecule has 6 heteroatoms. The van der Waals surface area contributed by atoms with Crippen LogP contribution in [0.1, 0.15) is 28.7 Å². The van der Waals surface area contributed by atoms with Gasteiger partial charge in [0.2, 0.25) is 0 Å². The van der Waals surface area contributed by atoms with Crippen LogP contribution in [-0.2, 0) is 9.53 Å². The first kappa shape index (κ1) is 19.5. The molecule has 1 aromatic heterocycles. The third-order valence-electron chi connectivity index (χ3n) is 4.76. The number of aryl methyl sites for hydroxylation is 3. The molecule has 1 N–H and O–H groups in total. The third kappa shape index (κ3) is 5.34. The molecule has 2 heterocycles. The van der Waals surface area contributed by atoms with E-state index in [-0.39, 0.29) is 18.6 Å². The second-order valence-corrected chi connectivity index (χ2v) is 6.97. The van der Waals surface area contributed by atoms with E-state index in [1.54, 1.807) is 0 Å². The molecule has 1 atom stereocenters. The minimum absolute atomic E-state index is 0.00306. The molecule has 1 fully saturated rings. The molecule has 0 spiro atoms. The fourth-order valence-electron chi connectivity index (χ4n) is 3.30. The fourth-order valence-corrected chi connectivity index (χ4v) is 3.30. The summed E-state index contributed by atoms with van der Waals surface area (Å²) in [4.78, 5) is 14.6. The molecule has 146 valence electrons. The predicted molar refractivity (Wildman–Crippen MR) is 103 cm³/mol. The van der Waals surface area contributed by atoms with Gasteiger partial charge in [0, 0.05) is 19.6 Å². The van der Waals surface area contributed by atoms with Crippen molar-refractivity contribution in [3.05, 3.63) is 53.0 Å². The van der Waals surface area contributed by atoms with Gasteiger partial charge in [0.15, 0.2) is 6.61 Å². The molecule has 0 radical (unpaired) electrons. The van der Waals surface area contributed by atoms with Crippen LogP contribution in [0.4, 0.5) is 0 Å². The number of nitrogens with zero attached hydrogens (tertiary/aromatic N) is 1. The van der Waals surface area contributed by atoms with Gasteiger partial charge in [-0.2, -0.15) is 0 Å². The number of benzene rings is 1. The molecule has 0 bridgehead atoms. The highest BCUT2D eigenvalue weighted by atomic mass is 16.5. The van der Waals surface area contributed by atoms with Crippen molar-refractivity contribution in [2.24, 2.45) is 0 Å². The average Bonchev–Trinajstić information content (AvgIpc) is 3.08. The Morgan fingerprint density at radius 3 is 2.63 bits per heavy atom. The van der Waals surface area contributed by atoms with Crippen LogP contribution >= 0.6 is 0 Å². The molecule has 1 amide bonds. The van der Waals surface area contributed by atoms with Crippen LogP contribution in [0.25, 0.3) is 0 Å². The zero-order valence-electron chi connectivity index (χ0n) is 16.3. The lowest BCUT2D eigenvalue weighted by Gasteiger charge is -2.33. The van der Waals surface area contributed by atoms with Gasteiger partial charge in [-0.15, -0.1) is 0 Å². The molecule has 27 heavy (non-hydrogen) atoms. The van der Waals surface area contributed by atoms with Crippen LogP contribution in [0.3, 0.4) is 0 Å². The van der Waals surface area contributed by atoms with Crippen LogP contribution in [-0.4, -0.2) is 50.3 Å². The van der Waals surface area contributed by atoms with Crippen LogP contribution in [0.5, 0.6) is 5.75 Å². The van der Waals surface area contributed by atoms with E-state index in [9.17, 15) is 4.79 Å². The highest BCUT2D eigenvalue weighted by Crippen LogP contribution is 2.23. The Kier molecular flexibility index (Phi) is 6.53. The number of morpholine rings is 1. The summed E-state index contributed by atoms with van der Waals surface area (Å²) in [5, 5.41) is 2.98. The van der Waals surface area contributed by atoms with E-state index in [1.165, 1.54) is 5.56 Å². The Morgan fingerprint density at radius 1 is 1.19 bits per heavy atom. The molecule has 2 aromatic rings. The summed E-state index contributed by atoms with van der Waals surface area (Å²) in [6.45, 7) is 9.44. The van der Waals surface area contributed by atoms with Gasteiger partial charge >= 0.3 is 0 Å². The molecule has 1 aliphatic heterocycles. The Morgan fingerprint density at radius 2 is 1.96 bits per heavy atom. The fraction of sp³-hybridized carbons (Fsp3) is 0.476. The van der Waals surface area contributed by atoms with E-state index in [2.05, 4.69) is 10.2 Å². The van der Waals surface area contributed by atoms with E-state index >= 15 is 0 Å². The lowest BCUT2D eigenvalue weighted by molar-refractivity contribution is -0.123. The molecule has 1 saturated heterocycles. The minimum atomic E-state index is -0.142. The molecular formula is C21H28N2O4. The summed E-state index contributed by atoms with van der Waals surface area (Å²) in [7, 11) is 0. The predicted octanol–water partition coefficient (Wildman–Crippen LogP) is 2.77. The number of carbonyl (C=O) groups is 1. The topological polar surface area (TPSA) is 63.9 Å². The van der Waals surface area contributed by atoms with Crippen molar-refractivity contribution in [1.29, 1.82) is 0 Å². The van der Waals surface area contributed by atoms with Gasteiger partial charge in [0.05, 0.1) is 19.3 Å². The number of rotatable bonds is 7. The van der Waals surface area contributed by atoms with Crippen molar-refractivity contribution in [2.45, 2.75) is 26.8 Å². The minimum Gasteiger partial charge on any atom is -0.484 e.